The van der Waals surface area contributed by atoms with E-state index < -0.39 is 0 Å². The molecule has 3 rings (SSSR count). The van der Waals surface area contributed by atoms with Gasteiger partial charge < -0.3 is 10.2 Å². The van der Waals surface area contributed by atoms with E-state index in [-0.39, 0.29) is 18.4 Å². The number of hydrogen-bond acceptors (Lipinski definition) is 2. The Morgan fingerprint density at radius 3 is 2.67 bits per heavy atom. The Morgan fingerprint density at radius 1 is 1.10 bits per heavy atom. The molecule has 2 heterocycles. The van der Waals surface area contributed by atoms with Crippen LogP contribution in [0.15, 0.2) is 0 Å². The molecule has 4 heteroatoms. The fraction of sp³-hybridized carbons (Fsp3) is 0.941. The molecule has 4 unspecified atom stereocenters. The third-order valence-electron chi connectivity index (χ3n) is 5.90. The summed E-state index contributed by atoms with van der Waals surface area (Å²) in [7, 11) is 0. The van der Waals surface area contributed by atoms with E-state index in [1.54, 1.807) is 0 Å². The van der Waals surface area contributed by atoms with E-state index in [0.717, 1.165) is 31.3 Å². The van der Waals surface area contributed by atoms with Crippen molar-refractivity contribution in [3.63, 3.8) is 0 Å². The van der Waals surface area contributed by atoms with Gasteiger partial charge in [-0.25, -0.2) is 0 Å². The number of carbonyl (C=O) groups is 1. The van der Waals surface area contributed by atoms with Crippen molar-refractivity contribution in [2.75, 3.05) is 13.1 Å². The first-order valence-electron chi connectivity index (χ1n) is 8.82. The molecule has 0 aromatic carbocycles. The number of nitrogens with zero attached hydrogens (tertiary/aromatic N) is 1. The van der Waals surface area contributed by atoms with Crippen molar-refractivity contribution in [3.05, 3.63) is 0 Å². The number of likely N-dealkylation sites (tertiary alicyclic amines) is 1. The normalized spacial score (nSPS) is 36.5. The molecular formula is C17H31ClN2O. The minimum Gasteiger partial charge on any atom is -0.341 e. The summed E-state index contributed by atoms with van der Waals surface area (Å²) in [5.74, 6) is 2.01. The summed E-state index contributed by atoms with van der Waals surface area (Å²) >= 11 is 0. The smallest absolute Gasteiger partial charge is 0.239 e. The molecule has 0 spiro atoms. The van der Waals surface area contributed by atoms with Gasteiger partial charge in [-0.1, -0.05) is 26.2 Å². The SMILES string of the molecule is CCC1CCCN(C(=O)C2CC3CCCCC3N2)CC1.Cl. The van der Waals surface area contributed by atoms with Crippen LogP contribution in [-0.4, -0.2) is 36.0 Å². The number of fused-ring (bicyclic) bond motifs is 1. The summed E-state index contributed by atoms with van der Waals surface area (Å²) in [6.07, 6.45) is 11.4. The zero-order valence-electron chi connectivity index (χ0n) is 13.4. The average Bonchev–Trinajstić information content (AvgIpc) is 2.77. The monoisotopic (exact) mass is 314 g/mol. The summed E-state index contributed by atoms with van der Waals surface area (Å²) in [5, 5.41) is 3.64. The van der Waals surface area contributed by atoms with Crippen LogP contribution in [0.5, 0.6) is 0 Å². The van der Waals surface area contributed by atoms with Gasteiger partial charge in [-0.15, -0.1) is 12.4 Å². The molecule has 3 nitrogen and oxygen atoms in total. The topological polar surface area (TPSA) is 32.3 Å². The van der Waals surface area contributed by atoms with Gasteiger partial charge in [0.1, 0.15) is 0 Å². The van der Waals surface area contributed by atoms with E-state index in [4.69, 9.17) is 0 Å². The van der Waals surface area contributed by atoms with Gasteiger partial charge in [0.2, 0.25) is 5.91 Å². The van der Waals surface area contributed by atoms with Crippen LogP contribution in [0.4, 0.5) is 0 Å². The van der Waals surface area contributed by atoms with Crippen molar-refractivity contribution in [3.8, 4) is 0 Å². The second kappa shape index (κ2) is 7.82. The largest absolute Gasteiger partial charge is 0.341 e. The predicted molar refractivity (Wildman–Crippen MR) is 88.7 cm³/mol. The maximum absolute atomic E-state index is 12.8. The van der Waals surface area contributed by atoms with Crippen molar-refractivity contribution in [1.82, 2.24) is 10.2 Å². The molecule has 1 saturated carbocycles. The van der Waals surface area contributed by atoms with E-state index in [1.807, 2.05) is 0 Å². The van der Waals surface area contributed by atoms with Crippen LogP contribution in [0.3, 0.4) is 0 Å². The third kappa shape index (κ3) is 3.92. The second-order valence-corrected chi connectivity index (χ2v) is 7.14. The first-order valence-corrected chi connectivity index (χ1v) is 8.82. The van der Waals surface area contributed by atoms with Gasteiger partial charge in [0.15, 0.2) is 0 Å². The highest BCUT2D eigenvalue weighted by Crippen LogP contribution is 2.34. The maximum Gasteiger partial charge on any atom is 0.239 e. The Hall–Kier alpha value is -0.280. The lowest BCUT2D eigenvalue weighted by Gasteiger charge is -2.25. The molecule has 1 aliphatic carbocycles. The Kier molecular flexibility index (Phi) is 6.36. The van der Waals surface area contributed by atoms with Crippen LogP contribution in [0, 0.1) is 11.8 Å². The number of carbonyl (C=O) groups excluding carboxylic acids is 1. The molecule has 1 amide bonds. The van der Waals surface area contributed by atoms with Crippen molar-refractivity contribution in [2.24, 2.45) is 11.8 Å². The number of nitrogens with one attached hydrogen (secondary N) is 1. The molecular weight excluding hydrogens is 284 g/mol. The van der Waals surface area contributed by atoms with E-state index in [1.165, 1.54) is 51.4 Å². The molecule has 0 aromatic heterocycles. The lowest BCUT2D eigenvalue weighted by Crippen LogP contribution is -2.45. The van der Waals surface area contributed by atoms with Crippen LogP contribution >= 0.6 is 12.4 Å². The van der Waals surface area contributed by atoms with Gasteiger partial charge in [-0.05, 0) is 50.4 Å². The number of halogens is 1. The molecule has 122 valence electrons. The molecule has 21 heavy (non-hydrogen) atoms. The fourth-order valence-corrected chi connectivity index (χ4v) is 4.52. The number of amides is 1. The van der Waals surface area contributed by atoms with Crippen LogP contribution < -0.4 is 5.32 Å². The standard InChI is InChI=1S/C17H30N2O.ClH/c1-2-13-6-5-10-19(11-9-13)17(20)16-12-14-7-3-4-8-15(14)18-16;/h13-16,18H,2-12H2,1H3;1H. The first-order chi connectivity index (χ1) is 9.78. The highest BCUT2D eigenvalue weighted by atomic mass is 35.5. The van der Waals surface area contributed by atoms with E-state index in [0.29, 0.717) is 11.9 Å². The zero-order chi connectivity index (χ0) is 13.9. The molecule has 0 aromatic rings. The summed E-state index contributed by atoms with van der Waals surface area (Å²) in [4.78, 5) is 14.9. The predicted octanol–water partition coefficient (Wildman–Crippen LogP) is 3.37. The highest BCUT2D eigenvalue weighted by Gasteiger charge is 2.39. The summed E-state index contributed by atoms with van der Waals surface area (Å²) in [6.45, 7) is 4.26. The molecule has 0 bridgehead atoms. The van der Waals surface area contributed by atoms with Crippen LogP contribution in [0.2, 0.25) is 0 Å². The van der Waals surface area contributed by atoms with Gasteiger partial charge in [-0.2, -0.15) is 0 Å². The molecule has 2 saturated heterocycles. The summed E-state index contributed by atoms with van der Waals surface area (Å²) in [5.41, 5.74) is 0. The highest BCUT2D eigenvalue weighted by molar-refractivity contribution is 5.85. The van der Waals surface area contributed by atoms with Crippen molar-refractivity contribution >= 4 is 18.3 Å². The van der Waals surface area contributed by atoms with E-state index >= 15 is 0 Å². The summed E-state index contributed by atoms with van der Waals surface area (Å²) < 4.78 is 0. The number of hydrogen-bond donors (Lipinski definition) is 1. The molecule has 4 atom stereocenters. The Morgan fingerprint density at radius 2 is 1.90 bits per heavy atom. The second-order valence-electron chi connectivity index (χ2n) is 7.14. The molecule has 1 N–H and O–H groups in total. The molecule has 3 fully saturated rings. The lowest BCUT2D eigenvalue weighted by atomic mass is 9.85. The van der Waals surface area contributed by atoms with Gasteiger partial charge in [0.05, 0.1) is 6.04 Å². The van der Waals surface area contributed by atoms with Crippen molar-refractivity contribution in [1.29, 1.82) is 0 Å². The molecule has 0 radical (unpaired) electrons. The van der Waals surface area contributed by atoms with Gasteiger partial charge in [-0.3, -0.25) is 4.79 Å². The summed E-state index contributed by atoms with van der Waals surface area (Å²) in [6, 6.07) is 0.759. The van der Waals surface area contributed by atoms with Gasteiger partial charge in [0, 0.05) is 19.1 Å². The first kappa shape index (κ1) is 17.1. The number of rotatable bonds is 2. The van der Waals surface area contributed by atoms with Crippen LogP contribution in [0.1, 0.15) is 64.7 Å². The van der Waals surface area contributed by atoms with E-state index in [9.17, 15) is 4.79 Å². The minimum absolute atomic E-state index is 0. The molecule has 3 aliphatic rings. The molecule has 2 aliphatic heterocycles. The van der Waals surface area contributed by atoms with Crippen LogP contribution in [0.25, 0.3) is 0 Å². The fourth-order valence-electron chi connectivity index (χ4n) is 4.52. The van der Waals surface area contributed by atoms with Crippen molar-refractivity contribution < 1.29 is 4.79 Å². The van der Waals surface area contributed by atoms with Gasteiger partial charge in [0.25, 0.3) is 0 Å². The van der Waals surface area contributed by atoms with Crippen LogP contribution in [-0.2, 0) is 4.79 Å². The Balaban J connectivity index is 0.00000161. The third-order valence-corrected chi connectivity index (χ3v) is 5.90. The van der Waals surface area contributed by atoms with Gasteiger partial charge >= 0.3 is 0 Å². The average molecular weight is 315 g/mol. The lowest BCUT2D eigenvalue weighted by molar-refractivity contribution is -0.133. The Bertz CT molecular complexity index is 336. The maximum atomic E-state index is 12.8. The Labute approximate surface area is 135 Å². The minimum atomic E-state index is 0. The van der Waals surface area contributed by atoms with E-state index in [2.05, 4.69) is 17.1 Å². The zero-order valence-corrected chi connectivity index (χ0v) is 14.2. The van der Waals surface area contributed by atoms with Crippen molar-refractivity contribution in [2.45, 2.75) is 76.8 Å². The quantitative estimate of drug-likeness (QED) is 0.847.